The van der Waals surface area contributed by atoms with Crippen LogP contribution in [0.1, 0.15) is 18.4 Å². The van der Waals surface area contributed by atoms with Crippen molar-refractivity contribution in [1.29, 1.82) is 0 Å². The standard InChI is InChI=1S/C25H32FN6OPS2/c1-5-20-24(29(2)25-28-21(16-36-25)17-6-8-18(26)9-7-17)32-22(27-20)10-11-23(34-32)30-12-13-31(35-4)19(14-30)15-33-3/h6-11,16,19,23,34H,5,12-15H2,1-4H3. The van der Waals surface area contributed by atoms with Crippen LogP contribution in [-0.4, -0.2) is 82.0 Å². The van der Waals surface area contributed by atoms with Crippen LogP contribution in [0.4, 0.5) is 15.3 Å². The van der Waals surface area contributed by atoms with Crippen molar-refractivity contribution in [2.75, 3.05) is 51.6 Å². The third kappa shape index (κ3) is 5.12. The number of rotatable bonds is 8. The largest absolute Gasteiger partial charge is 0.383 e. The van der Waals surface area contributed by atoms with Crippen LogP contribution in [0.15, 0.2) is 35.7 Å². The van der Waals surface area contributed by atoms with Gasteiger partial charge in [0.25, 0.3) is 0 Å². The maximum absolute atomic E-state index is 13.4. The molecule has 36 heavy (non-hydrogen) atoms. The van der Waals surface area contributed by atoms with E-state index in [-0.39, 0.29) is 5.82 Å². The molecule has 7 nitrogen and oxygen atoms in total. The number of benzene rings is 1. The van der Waals surface area contributed by atoms with E-state index in [0.29, 0.717) is 20.6 Å². The minimum atomic E-state index is -0.239. The summed E-state index contributed by atoms with van der Waals surface area (Å²) in [7, 11) is 4.39. The molecule has 3 atom stereocenters. The van der Waals surface area contributed by atoms with Crippen molar-refractivity contribution in [3.63, 3.8) is 0 Å². The second-order valence-corrected chi connectivity index (χ2v) is 11.8. The van der Waals surface area contributed by atoms with E-state index in [1.54, 1.807) is 30.6 Å². The number of halogens is 1. The number of nitrogens with zero attached hydrogens (tertiary/aromatic N) is 6. The smallest absolute Gasteiger partial charge is 0.191 e. The van der Waals surface area contributed by atoms with Gasteiger partial charge >= 0.3 is 0 Å². The maximum Gasteiger partial charge on any atom is 0.191 e. The molecule has 2 aliphatic heterocycles. The summed E-state index contributed by atoms with van der Waals surface area (Å²) >= 11 is 3.40. The average Bonchev–Trinajstić information content (AvgIpc) is 3.54. The van der Waals surface area contributed by atoms with Gasteiger partial charge < -0.3 is 9.64 Å². The molecule has 4 heterocycles. The van der Waals surface area contributed by atoms with E-state index in [2.05, 4.69) is 50.8 Å². The lowest BCUT2D eigenvalue weighted by Crippen LogP contribution is -2.54. The van der Waals surface area contributed by atoms with Gasteiger partial charge in [-0.2, -0.15) is 0 Å². The summed E-state index contributed by atoms with van der Waals surface area (Å²) in [5.74, 6) is 2.21. The lowest BCUT2D eigenvalue weighted by molar-refractivity contribution is 0.0755. The first-order valence-electron chi connectivity index (χ1n) is 12.1. The summed E-state index contributed by atoms with van der Waals surface area (Å²) in [5.41, 5.74) is 2.85. The Labute approximate surface area is 222 Å². The van der Waals surface area contributed by atoms with E-state index >= 15 is 0 Å². The predicted octanol–water partition coefficient (Wildman–Crippen LogP) is 5.18. The number of anilines is 2. The topological polar surface area (TPSA) is 49.7 Å². The van der Waals surface area contributed by atoms with E-state index < -0.39 is 0 Å². The first-order chi connectivity index (χ1) is 17.5. The summed E-state index contributed by atoms with van der Waals surface area (Å²) < 4.78 is 23.7. The summed E-state index contributed by atoms with van der Waals surface area (Å²) in [5, 5.41) is 2.93. The van der Waals surface area contributed by atoms with Crippen molar-refractivity contribution < 1.29 is 9.13 Å². The van der Waals surface area contributed by atoms with Crippen molar-refractivity contribution in [2.24, 2.45) is 0 Å². The third-order valence-corrected chi connectivity index (χ3v) is 10.0. The number of hydrogen-bond donors (Lipinski definition) is 0. The summed E-state index contributed by atoms with van der Waals surface area (Å²) in [6.07, 6.45) is 7.49. The van der Waals surface area contributed by atoms with Crippen LogP contribution in [0.25, 0.3) is 17.3 Å². The van der Waals surface area contributed by atoms with Gasteiger partial charge in [0, 0.05) is 53.5 Å². The molecule has 11 heteroatoms. The van der Waals surface area contributed by atoms with Crippen LogP contribution in [-0.2, 0) is 11.2 Å². The number of fused-ring (bicyclic) bond motifs is 1. The lowest BCUT2D eigenvalue weighted by Gasteiger charge is -2.43. The number of ether oxygens (including phenoxy) is 1. The van der Waals surface area contributed by atoms with Gasteiger partial charge in [-0.15, -0.1) is 11.3 Å². The molecule has 0 amide bonds. The zero-order valence-corrected chi connectivity index (χ0v) is 23.7. The Morgan fingerprint density at radius 1 is 1.25 bits per heavy atom. The molecule has 1 fully saturated rings. The monoisotopic (exact) mass is 546 g/mol. The highest BCUT2D eigenvalue weighted by molar-refractivity contribution is 7.96. The summed E-state index contributed by atoms with van der Waals surface area (Å²) in [6, 6.07) is 6.89. The Morgan fingerprint density at radius 2 is 2.06 bits per heavy atom. The number of thiazole rings is 1. The van der Waals surface area contributed by atoms with Gasteiger partial charge in [0.15, 0.2) is 5.13 Å². The second-order valence-electron chi connectivity index (χ2n) is 8.87. The second kappa shape index (κ2) is 11.3. The van der Waals surface area contributed by atoms with Crippen molar-refractivity contribution >= 4 is 49.0 Å². The zero-order chi connectivity index (χ0) is 25.2. The maximum atomic E-state index is 13.4. The molecule has 3 aromatic rings. The molecule has 1 saturated heterocycles. The molecule has 0 radical (unpaired) electrons. The van der Waals surface area contributed by atoms with Gasteiger partial charge in [0.2, 0.25) is 0 Å². The van der Waals surface area contributed by atoms with Gasteiger partial charge in [0.05, 0.1) is 29.8 Å². The Kier molecular flexibility index (Phi) is 8.10. The van der Waals surface area contributed by atoms with E-state index in [1.807, 2.05) is 17.3 Å². The fourth-order valence-electron chi connectivity index (χ4n) is 4.80. The summed E-state index contributed by atoms with van der Waals surface area (Å²) in [6.45, 7) is 5.94. The van der Waals surface area contributed by atoms with Crippen molar-refractivity contribution in [2.45, 2.75) is 25.2 Å². The Hall–Kier alpha value is -1.81. The van der Waals surface area contributed by atoms with Gasteiger partial charge in [-0.25, -0.2) is 18.7 Å². The Morgan fingerprint density at radius 3 is 2.78 bits per heavy atom. The number of piperazine rings is 1. The number of methoxy groups -OCH3 is 1. The highest BCUT2D eigenvalue weighted by Crippen LogP contribution is 2.42. The normalized spacial score (nSPS) is 21.2. The average molecular weight is 547 g/mol. The van der Waals surface area contributed by atoms with Gasteiger partial charge in [-0.3, -0.25) is 9.24 Å². The molecule has 3 unspecified atom stereocenters. The predicted molar refractivity (Wildman–Crippen MR) is 151 cm³/mol. The Balaban J connectivity index is 1.39. The number of imidazole rings is 1. The molecule has 0 bridgehead atoms. The van der Waals surface area contributed by atoms with E-state index in [4.69, 9.17) is 14.7 Å². The molecule has 1 aromatic carbocycles. The van der Waals surface area contributed by atoms with E-state index in [0.717, 1.165) is 66.4 Å². The molecular weight excluding hydrogens is 514 g/mol. The van der Waals surface area contributed by atoms with Crippen molar-refractivity contribution in [3.8, 4) is 11.3 Å². The highest BCUT2D eigenvalue weighted by Gasteiger charge is 2.33. The minimum Gasteiger partial charge on any atom is -0.383 e. The fourth-order valence-corrected chi connectivity index (χ4v) is 7.79. The molecule has 192 valence electrons. The molecule has 2 aliphatic rings. The van der Waals surface area contributed by atoms with Crippen molar-refractivity contribution in [3.05, 3.63) is 53.1 Å². The number of aryl methyl sites for hydroxylation is 1. The number of hydrogen-bond acceptors (Lipinski definition) is 8. The summed E-state index contributed by atoms with van der Waals surface area (Å²) in [4.78, 5) is 14.6. The number of aromatic nitrogens is 3. The lowest BCUT2D eigenvalue weighted by atomic mass is 10.2. The highest BCUT2D eigenvalue weighted by atomic mass is 32.2. The first kappa shape index (κ1) is 25.8. The molecule has 0 N–H and O–H groups in total. The van der Waals surface area contributed by atoms with Crippen LogP contribution in [0, 0.1) is 5.82 Å². The molecule has 0 aliphatic carbocycles. The van der Waals surface area contributed by atoms with Crippen LogP contribution in [0.3, 0.4) is 0 Å². The molecule has 5 rings (SSSR count). The Bertz CT molecular complexity index is 1220. The third-order valence-electron chi connectivity index (χ3n) is 6.66. The minimum absolute atomic E-state index is 0.239. The zero-order valence-electron chi connectivity index (χ0n) is 21.0. The van der Waals surface area contributed by atoms with Crippen molar-refractivity contribution in [1.82, 2.24) is 23.5 Å². The van der Waals surface area contributed by atoms with Crippen LogP contribution >= 0.6 is 32.0 Å². The van der Waals surface area contributed by atoms with E-state index in [9.17, 15) is 4.39 Å². The van der Waals surface area contributed by atoms with Crippen LogP contribution in [0.5, 0.6) is 0 Å². The van der Waals surface area contributed by atoms with Crippen LogP contribution < -0.4 is 4.90 Å². The molecule has 0 saturated carbocycles. The quantitative estimate of drug-likeness (QED) is 0.285. The molecule has 2 aromatic heterocycles. The molecular formula is C25H32FN6OPS2. The van der Waals surface area contributed by atoms with Crippen LogP contribution in [0.2, 0.25) is 0 Å². The SMILES string of the molecule is CCc1nc2n(c1N(C)c1nc(-c3ccc(F)cc3)cs1)PC(N1CCN(SC)C(COC)C1)C=C2. The first-order valence-corrected chi connectivity index (χ1v) is 15.2. The van der Waals surface area contributed by atoms with E-state index in [1.165, 1.54) is 12.1 Å². The molecule has 0 spiro atoms. The van der Waals surface area contributed by atoms with Gasteiger partial charge in [0.1, 0.15) is 17.5 Å². The van der Waals surface area contributed by atoms with Gasteiger partial charge in [-0.05, 0) is 43.0 Å². The van der Waals surface area contributed by atoms with Gasteiger partial charge in [-0.1, -0.05) is 24.9 Å². The fraction of sp³-hybridized carbons (Fsp3) is 0.440.